The summed E-state index contributed by atoms with van der Waals surface area (Å²) in [5.41, 5.74) is 4.66. The number of benzene rings is 2. The van der Waals surface area contributed by atoms with Crippen LogP contribution in [0, 0.1) is 5.82 Å². The lowest BCUT2D eigenvalue weighted by Crippen LogP contribution is -2.49. The molecular weight excluding hydrogens is 393 g/mol. The SMILES string of the molecule is CC1CN(c2cc(C3CC3)c3c(Nc4cc(F)c5nn(C)cc5c4)n[nH]c3c2)CCN1. The van der Waals surface area contributed by atoms with Gasteiger partial charge in [-0.3, -0.25) is 9.78 Å². The summed E-state index contributed by atoms with van der Waals surface area (Å²) in [6.07, 6.45) is 4.23. The van der Waals surface area contributed by atoms with Crippen LogP contribution < -0.4 is 15.5 Å². The first-order chi connectivity index (χ1) is 15.0. The smallest absolute Gasteiger partial charge is 0.160 e. The molecule has 31 heavy (non-hydrogen) atoms. The standard InChI is InChI=1S/C23H26FN7/c1-13-11-31(6-5-25-13)17-9-18(14-3-4-14)21-20(10-17)27-28-23(21)26-16-7-15-12-30(2)29-22(15)19(24)8-16/h7-10,12-14,25H,3-6,11H2,1-2H3,(H2,26,27,28). The van der Waals surface area contributed by atoms with E-state index in [2.05, 4.69) is 49.9 Å². The van der Waals surface area contributed by atoms with Crippen molar-refractivity contribution in [3.8, 4) is 0 Å². The number of halogens is 1. The van der Waals surface area contributed by atoms with Crippen LogP contribution in [0.15, 0.2) is 30.5 Å². The number of hydrogen-bond donors (Lipinski definition) is 3. The summed E-state index contributed by atoms with van der Waals surface area (Å²) in [5.74, 6) is 0.983. The van der Waals surface area contributed by atoms with E-state index in [1.54, 1.807) is 11.7 Å². The maximum atomic E-state index is 14.6. The zero-order valence-corrected chi connectivity index (χ0v) is 17.7. The van der Waals surface area contributed by atoms with Crippen molar-refractivity contribution in [2.75, 3.05) is 29.9 Å². The van der Waals surface area contributed by atoms with Gasteiger partial charge in [0.2, 0.25) is 0 Å². The van der Waals surface area contributed by atoms with E-state index in [0.29, 0.717) is 23.2 Å². The number of H-pyrrole nitrogens is 1. The summed E-state index contributed by atoms with van der Waals surface area (Å²) in [4.78, 5) is 2.45. The molecule has 6 rings (SSSR count). The van der Waals surface area contributed by atoms with Gasteiger partial charge in [0.25, 0.3) is 0 Å². The predicted molar refractivity (Wildman–Crippen MR) is 122 cm³/mol. The summed E-state index contributed by atoms with van der Waals surface area (Å²) in [6, 6.07) is 8.42. The first-order valence-corrected chi connectivity index (χ1v) is 11.0. The van der Waals surface area contributed by atoms with Gasteiger partial charge in [-0.25, -0.2) is 4.39 Å². The lowest BCUT2D eigenvalue weighted by molar-refractivity contribution is 0.485. The molecule has 0 bridgehead atoms. The average molecular weight is 420 g/mol. The van der Waals surface area contributed by atoms with Crippen molar-refractivity contribution >= 4 is 39.0 Å². The van der Waals surface area contributed by atoms with Crippen molar-refractivity contribution < 1.29 is 4.39 Å². The molecule has 3 heterocycles. The zero-order valence-electron chi connectivity index (χ0n) is 17.7. The molecule has 0 radical (unpaired) electrons. The number of anilines is 3. The maximum Gasteiger partial charge on any atom is 0.160 e. The molecule has 2 aliphatic rings. The first kappa shape index (κ1) is 18.6. The van der Waals surface area contributed by atoms with Crippen LogP contribution in [0.3, 0.4) is 0 Å². The third-order valence-corrected chi connectivity index (χ3v) is 6.37. The molecule has 1 aliphatic carbocycles. The van der Waals surface area contributed by atoms with Crippen molar-refractivity contribution in [1.82, 2.24) is 25.3 Å². The molecule has 3 N–H and O–H groups in total. The lowest BCUT2D eigenvalue weighted by Gasteiger charge is -2.34. The lowest BCUT2D eigenvalue weighted by atomic mass is 10.0. The molecule has 1 unspecified atom stereocenters. The van der Waals surface area contributed by atoms with Crippen molar-refractivity contribution in [2.45, 2.75) is 31.7 Å². The Morgan fingerprint density at radius 1 is 1.19 bits per heavy atom. The number of nitrogens with zero attached hydrogens (tertiary/aromatic N) is 4. The van der Waals surface area contributed by atoms with E-state index >= 15 is 0 Å². The topological polar surface area (TPSA) is 73.8 Å². The fourth-order valence-electron chi connectivity index (χ4n) is 4.75. The van der Waals surface area contributed by atoms with Gasteiger partial charge in [-0.05, 0) is 55.5 Å². The Balaban J connectivity index is 1.40. The van der Waals surface area contributed by atoms with Gasteiger partial charge in [0, 0.05) is 61.1 Å². The number of aromatic amines is 1. The van der Waals surface area contributed by atoms with Crippen LogP contribution in [0.4, 0.5) is 21.6 Å². The molecule has 1 saturated heterocycles. The van der Waals surface area contributed by atoms with E-state index in [-0.39, 0.29) is 5.82 Å². The van der Waals surface area contributed by atoms with Gasteiger partial charge in [0.05, 0.1) is 5.52 Å². The minimum Gasteiger partial charge on any atom is -0.369 e. The monoisotopic (exact) mass is 419 g/mol. The molecule has 1 atom stereocenters. The highest BCUT2D eigenvalue weighted by atomic mass is 19.1. The molecule has 1 saturated carbocycles. The number of nitrogens with one attached hydrogen (secondary N) is 3. The van der Waals surface area contributed by atoms with Gasteiger partial charge >= 0.3 is 0 Å². The Labute approximate surface area is 179 Å². The van der Waals surface area contributed by atoms with Gasteiger partial charge in [0.1, 0.15) is 5.52 Å². The first-order valence-electron chi connectivity index (χ1n) is 11.0. The fraction of sp³-hybridized carbons (Fsp3) is 0.391. The number of rotatable bonds is 4. The van der Waals surface area contributed by atoms with Gasteiger partial charge in [-0.2, -0.15) is 10.2 Å². The van der Waals surface area contributed by atoms with Crippen LogP contribution in [0.1, 0.15) is 31.2 Å². The molecule has 8 heteroatoms. The predicted octanol–water partition coefficient (Wildman–Crippen LogP) is 4.01. The Hall–Kier alpha value is -3.13. The summed E-state index contributed by atoms with van der Waals surface area (Å²) >= 11 is 0. The largest absolute Gasteiger partial charge is 0.369 e. The summed E-state index contributed by atoms with van der Waals surface area (Å²) in [5, 5.41) is 20.7. The molecule has 0 amide bonds. The maximum absolute atomic E-state index is 14.6. The van der Waals surface area contributed by atoms with Crippen LogP contribution in [0.2, 0.25) is 0 Å². The number of aryl methyl sites for hydroxylation is 1. The van der Waals surface area contributed by atoms with Gasteiger partial charge in [0.15, 0.2) is 11.6 Å². The third kappa shape index (κ3) is 3.31. The van der Waals surface area contributed by atoms with E-state index in [4.69, 9.17) is 0 Å². The average Bonchev–Trinajstić information content (AvgIpc) is 3.41. The highest BCUT2D eigenvalue weighted by molar-refractivity contribution is 5.97. The molecule has 2 fully saturated rings. The zero-order chi connectivity index (χ0) is 21.1. The van der Waals surface area contributed by atoms with Crippen LogP contribution in [-0.2, 0) is 7.05 Å². The Bertz CT molecular complexity index is 1290. The minimum absolute atomic E-state index is 0.335. The highest BCUT2D eigenvalue weighted by Gasteiger charge is 2.29. The molecule has 7 nitrogen and oxygen atoms in total. The van der Waals surface area contributed by atoms with E-state index in [1.165, 1.54) is 30.2 Å². The van der Waals surface area contributed by atoms with Crippen LogP contribution in [0.25, 0.3) is 21.8 Å². The Kier molecular flexibility index (Phi) is 4.17. The second-order valence-electron chi connectivity index (χ2n) is 8.93. The summed E-state index contributed by atoms with van der Waals surface area (Å²) < 4.78 is 16.2. The van der Waals surface area contributed by atoms with E-state index in [1.807, 2.05) is 12.3 Å². The quantitative estimate of drug-likeness (QED) is 0.466. The number of fused-ring (bicyclic) bond motifs is 2. The summed E-state index contributed by atoms with van der Waals surface area (Å²) in [6.45, 7) is 5.22. The number of piperazine rings is 1. The molecule has 2 aromatic heterocycles. The van der Waals surface area contributed by atoms with E-state index in [9.17, 15) is 4.39 Å². The molecule has 160 valence electrons. The fourth-order valence-corrected chi connectivity index (χ4v) is 4.75. The minimum atomic E-state index is -0.335. The van der Waals surface area contributed by atoms with E-state index < -0.39 is 0 Å². The second-order valence-corrected chi connectivity index (χ2v) is 8.93. The molecular formula is C23H26FN7. The van der Waals surface area contributed by atoms with Crippen molar-refractivity contribution in [3.63, 3.8) is 0 Å². The van der Waals surface area contributed by atoms with Gasteiger partial charge in [-0.15, -0.1) is 0 Å². The van der Waals surface area contributed by atoms with Gasteiger partial charge < -0.3 is 15.5 Å². The number of aromatic nitrogens is 4. The Morgan fingerprint density at radius 2 is 2.06 bits per heavy atom. The Morgan fingerprint density at radius 3 is 2.87 bits per heavy atom. The van der Waals surface area contributed by atoms with Crippen molar-refractivity contribution in [1.29, 1.82) is 0 Å². The van der Waals surface area contributed by atoms with Crippen LogP contribution in [0.5, 0.6) is 0 Å². The second kappa shape index (κ2) is 6.95. The van der Waals surface area contributed by atoms with Gasteiger partial charge in [-0.1, -0.05) is 0 Å². The number of hydrogen-bond acceptors (Lipinski definition) is 5. The molecule has 2 aromatic carbocycles. The summed E-state index contributed by atoms with van der Waals surface area (Å²) in [7, 11) is 1.80. The molecule has 4 aromatic rings. The van der Waals surface area contributed by atoms with Crippen molar-refractivity contribution in [2.24, 2.45) is 7.05 Å². The third-order valence-electron chi connectivity index (χ3n) is 6.37. The van der Waals surface area contributed by atoms with E-state index in [0.717, 1.165) is 41.7 Å². The molecule has 0 spiro atoms. The van der Waals surface area contributed by atoms with Crippen LogP contribution in [-0.4, -0.2) is 45.7 Å². The normalized spacial score (nSPS) is 19.5. The van der Waals surface area contributed by atoms with Crippen LogP contribution >= 0.6 is 0 Å². The van der Waals surface area contributed by atoms with Crippen molar-refractivity contribution in [3.05, 3.63) is 41.8 Å². The molecule has 1 aliphatic heterocycles. The highest BCUT2D eigenvalue weighted by Crippen LogP contribution is 2.46.